The number of aromatic nitrogens is 1. The SMILES string of the molecule is CCCCN=Cc1cc2cccc(C)c2[nH]c1=O. The van der Waals surface area contributed by atoms with Crippen molar-refractivity contribution in [2.45, 2.75) is 26.7 Å². The van der Waals surface area contributed by atoms with Crippen molar-refractivity contribution in [1.82, 2.24) is 4.98 Å². The molecule has 0 bridgehead atoms. The van der Waals surface area contributed by atoms with Gasteiger partial charge in [-0.25, -0.2) is 0 Å². The summed E-state index contributed by atoms with van der Waals surface area (Å²) in [4.78, 5) is 19.1. The zero-order chi connectivity index (χ0) is 13.0. The van der Waals surface area contributed by atoms with E-state index in [-0.39, 0.29) is 5.56 Å². The molecule has 94 valence electrons. The summed E-state index contributed by atoms with van der Waals surface area (Å²) >= 11 is 0. The maximum atomic E-state index is 11.9. The summed E-state index contributed by atoms with van der Waals surface area (Å²) in [6, 6.07) is 7.89. The molecule has 1 heterocycles. The predicted molar refractivity (Wildman–Crippen MR) is 76.7 cm³/mol. The molecule has 3 nitrogen and oxygen atoms in total. The van der Waals surface area contributed by atoms with Crippen molar-refractivity contribution >= 4 is 17.1 Å². The van der Waals surface area contributed by atoms with E-state index >= 15 is 0 Å². The number of para-hydroxylation sites is 1. The van der Waals surface area contributed by atoms with Crippen molar-refractivity contribution in [3.63, 3.8) is 0 Å². The molecule has 0 aliphatic carbocycles. The lowest BCUT2D eigenvalue weighted by Gasteiger charge is -2.02. The molecule has 0 spiro atoms. The first kappa shape index (κ1) is 12.6. The Labute approximate surface area is 107 Å². The van der Waals surface area contributed by atoms with Crippen LogP contribution in [-0.2, 0) is 0 Å². The van der Waals surface area contributed by atoms with E-state index < -0.39 is 0 Å². The third kappa shape index (κ3) is 2.67. The van der Waals surface area contributed by atoms with E-state index in [0.717, 1.165) is 35.9 Å². The van der Waals surface area contributed by atoms with Crippen LogP contribution in [0, 0.1) is 6.92 Å². The lowest BCUT2D eigenvalue weighted by Crippen LogP contribution is -2.12. The number of aryl methyl sites for hydroxylation is 1. The number of unbranched alkanes of at least 4 members (excludes halogenated alkanes) is 1. The van der Waals surface area contributed by atoms with Gasteiger partial charge < -0.3 is 4.98 Å². The van der Waals surface area contributed by atoms with Crippen LogP contribution >= 0.6 is 0 Å². The Morgan fingerprint density at radius 1 is 1.39 bits per heavy atom. The highest BCUT2D eigenvalue weighted by Gasteiger charge is 2.02. The highest BCUT2D eigenvalue weighted by molar-refractivity contribution is 5.88. The van der Waals surface area contributed by atoms with E-state index in [1.165, 1.54) is 0 Å². The summed E-state index contributed by atoms with van der Waals surface area (Å²) in [5.41, 5.74) is 2.55. The van der Waals surface area contributed by atoms with Crippen LogP contribution in [0.4, 0.5) is 0 Å². The second kappa shape index (κ2) is 5.63. The largest absolute Gasteiger partial charge is 0.321 e. The molecule has 0 saturated heterocycles. The van der Waals surface area contributed by atoms with Gasteiger partial charge in [-0.3, -0.25) is 9.79 Å². The van der Waals surface area contributed by atoms with Gasteiger partial charge in [0.15, 0.2) is 0 Å². The maximum Gasteiger partial charge on any atom is 0.257 e. The smallest absolute Gasteiger partial charge is 0.257 e. The van der Waals surface area contributed by atoms with Crippen LogP contribution in [0.3, 0.4) is 0 Å². The van der Waals surface area contributed by atoms with Gasteiger partial charge in [-0.1, -0.05) is 31.5 Å². The summed E-state index contributed by atoms with van der Waals surface area (Å²) in [5, 5.41) is 1.05. The third-order valence-corrected chi connectivity index (χ3v) is 2.99. The summed E-state index contributed by atoms with van der Waals surface area (Å²) in [6.07, 6.45) is 3.85. The quantitative estimate of drug-likeness (QED) is 0.650. The molecule has 1 aromatic carbocycles. The Bertz CT molecular complexity index is 626. The lowest BCUT2D eigenvalue weighted by atomic mass is 10.1. The second-order valence-corrected chi connectivity index (χ2v) is 4.48. The van der Waals surface area contributed by atoms with Gasteiger partial charge in [-0.15, -0.1) is 0 Å². The van der Waals surface area contributed by atoms with Gasteiger partial charge in [0.05, 0.1) is 11.1 Å². The molecule has 1 N–H and O–H groups in total. The molecule has 0 amide bonds. The van der Waals surface area contributed by atoms with Gasteiger partial charge in [0.2, 0.25) is 0 Å². The molecule has 0 aliphatic rings. The molecule has 0 saturated carbocycles. The molecule has 18 heavy (non-hydrogen) atoms. The number of fused-ring (bicyclic) bond motifs is 1. The van der Waals surface area contributed by atoms with Gasteiger partial charge >= 0.3 is 0 Å². The van der Waals surface area contributed by atoms with Crippen LogP contribution in [0.1, 0.15) is 30.9 Å². The molecule has 2 rings (SSSR count). The van der Waals surface area contributed by atoms with Gasteiger partial charge in [0.25, 0.3) is 5.56 Å². The number of benzene rings is 1. The Hall–Kier alpha value is -1.90. The van der Waals surface area contributed by atoms with Crippen molar-refractivity contribution < 1.29 is 0 Å². The molecule has 0 aliphatic heterocycles. The molecule has 0 unspecified atom stereocenters. The number of nitrogens with zero attached hydrogens (tertiary/aromatic N) is 1. The van der Waals surface area contributed by atoms with Crippen LogP contribution in [0.5, 0.6) is 0 Å². The molecular weight excluding hydrogens is 224 g/mol. The fourth-order valence-corrected chi connectivity index (χ4v) is 1.91. The lowest BCUT2D eigenvalue weighted by molar-refractivity contribution is 0.810. The second-order valence-electron chi connectivity index (χ2n) is 4.48. The van der Waals surface area contributed by atoms with E-state index in [0.29, 0.717) is 5.56 Å². The van der Waals surface area contributed by atoms with Gasteiger partial charge in [0, 0.05) is 12.8 Å². The normalized spacial score (nSPS) is 11.4. The zero-order valence-electron chi connectivity index (χ0n) is 10.9. The maximum absolute atomic E-state index is 11.9. The summed E-state index contributed by atoms with van der Waals surface area (Å²) in [7, 11) is 0. The van der Waals surface area contributed by atoms with Crippen LogP contribution in [-0.4, -0.2) is 17.7 Å². The first-order valence-corrected chi connectivity index (χ1v) is 6.35. The van der Waals surface area contributed by atoms with Crippen molar-refractivity contribution in [2.24, 2.45) is 4.99 Å². The van der Waals surface area contributed by atoms with Crippen LogP contribution in [0.2, 0.25) is 0 Å². The molecule has 1 aromatic heterocycles. The van der Waals surface area contributed by atoms with Crippen molar-refractivity contribution in [3.8, 4) is 0 Å². The zero-order valence-corrected chi connectivity index (χ0v) is 10.9. The van der Waals surface area contributed by atoms with Crippen molar-refractivity contribution in [1.29, 1.82) is 0 Å². The fourth-order valence-electron chi connectivity index (χ4n) is 1.91. The standard InChI is InChI=1S/C15H18N2O/c1-3-4-8-16-10-13-9-12-7-5-6-11(2)14(12)17-15(13)18/h5-7,9-10H,3-4,8H2,1-2H3,(H,17,18). The third-order valence-electron chi connectivity index (χ3n) is 2.99. The molecule has 0 atom stereocenters. The number of hydrogen-bond donors (Lipinski definition) is 1. The number of hydrogen-bond acceptors (Lipinski definition) is 2. The highest BCUT2D eigenvalue weighted by Crippen LogP contribution is 2.14. The number of aromatic amines is 1. The topological polar surface area (TPSA) is 45.2 Å². The summed E-state index contributed by atoms with van der Waals surface area (Å²) < 4.78 is 0. The minimum Gasteiger partial charge on any atom is -0.321 e. The van der Waals surface area contributed by atoms with E-state index in [9.17, 15) is 4.79 Å². The van der Waals surface area contributed by atoms with Crippen molar-refractivity contribution in [3.05, 3.63) is 45.7 Å². The molecular formula is C15H18N2O. The number of rotatable bonds is 4. The Balaban J connectivity index is 2.38. The van der Waals surface area contributed by atoms with E-state index in [1.54, 1.807) is 6.21 Å². The Kier molecular flexibility index (Phi) is 3.92. The van der Waals surface area contributed by atoms with E-state index in [4.69, 9.17) is 0 Å². The van der Waals surface area contributed by atoms with E-state index in [2.05, 4.69) is 16.9 Å². The molecule has 2 aromatic rings. The van der Waals surface area contributed by atoms with Gasteiger partial charge in [0.1, 0.15) is 0 Å². The van der Waals surface area contributed by atoms with Crippen molar-refractivity contribution in [2.75, 3.05) is 6.54 Å². The van der Waals surface area contributed by atoms with Crippen LogP contribution < -0.4 is 5.56 Å². The first-order valence-electron chi connectivity index (χ1n) is 6.35. The van der Waals surface area contributed by atoms with Gasteiger partial charge in [-0.2, -0.15) is 0 Å². The van der Waals surface area contributed by atoms with Crippen LogP contribution in [0.15, 0.2) is 34.1 Å². The molecule has 0 radical (unpaired) electrons. The van der Waals surface area contributed by atoms with E-state index in [1.807, 2.05) is 31.2 Å². The average Bonchev–Trinajstić information content (AvgIpc) is 2.36. The fraction of sp³-hybridized carbons (Fsp3) is 0.333. The number of pyridine rings is 1. The molecule has 0 fully saturated rings. The molecule has 3 heteroatoms. The summed E-state index contributed by atoms with van der Waals surface area (Å²) in [5.74, 6) is 0. The minimum absolute atomic E-state index is 0.0722. The number of H-pyrrole nitrogens is 1. The van der Waals surface area contributed by atoms with Crippen LogP contribution in [0.25, 0.3) is 10.9 Å². The summed E-state index contributed by atoms with van der Waals surface area (Å²) in [6.45, 7) is 4.90. The number of aliphatic imine (C=N–C) groups is 1. The Morgan fingerprint density at radius 2 is 2.22 bits per heavy atom. The predicted octanol–water partition coefficient (Wildman–Crippen LogP) is 3.06. The monoisotopic (exact) mass is 242 g/mol. The first-order chi connectivity index (χ1) is 8.72. The Morgan fingerprint density at radius 3 is 3.00 bits per heavy atom. The average molecular weight is 242 g/mol. The minimum atomic E-state index is -0.0722. The highest BCUT2D eigenvalue weighted by atomic mass is 16.1. The van der Waals surface area contributed by atoms with Gasteiger partial charge in [-0.05, 0) is 30.4 Å². The number of nitrogens with one attached hydrogen (secondary N) is 1.